The van der Waals surface area contributed by atoms with Crippen molar-refractivity contribution in [1.29, 1.82) is 0 Å². The number of ketones is 1. The fourth-order valence-corrected chi connectivity index (χ4v) is 2.51. The lowest BCUT2D eigenvalue weighted by molar-refractivity contribution is -0.149. The van der Waals surface area contributed by atoms with Crippen LogP contribution in [0.1, 0.15) is 35.3 Å². The van der Waals surface area contributed by atoms with Gasteiger partial charge in [-0.25, -0.2) is 4.79 Å². The molecular formula is C21H20O5. The summed E-state index contributed by atoms with van der Waals surface area (Å²) in [6, 6.07) is 12.7. The first-order valence-electron chi connectivity index (χ1n) is 8.39. The van der Waals surface area contributed by atoms with Crippen molar-refractivity contribution in [2.45, 2.75) is 26.9 Å². The van der Waals surface area contributed by atoms with Crippen LogP contribution in [0.5, 0.6) is 11.5 Å². The number of fused-ring (bicyclic) bond motifs is 1. The van der Waals surface area contributed by atoms with Crippen molar-refractivity contribution in [1.82, 2.24) is 0 Å². The van der Waals surface area contributed by atoms with E-state index in [1.165, 1.54) is 0 Å². The van der Waals surface area contributed by atoms with Gasteiger partial charge in [0.1, 0.15) is 11.5 Å². The van der Waals surface area contributed by atoms with Gasteiger partial charge in [0.05, 0.1) is 11.7 Å². The Morgan fingerprint density at radius 3 is 2.58 bits per heavy atom. The van der Waals surface area contributed by atoms with Crippen LogP contribution < -0.4 is 9.47 Å². The monoisotopic (exact) mass is 352 g/mol. The number of carbonyl (C=O) groups is 2. The molecule has 2 aromatic rings. The van der Waals surface area contributed by atoms with Gasteiger partial charge in [-0.3, -0.25) is 4.79 Å². The molecule has 0 unspecified atom stereocenters. The normalized spacial score (nSPS) is 14.3. The number of Topliss-reactive ketones (excluding diaryl/α,β-unsaturated/α-hetero) is 1. The minimum atomic E-state index is -0.447. The molecule has 3 rings (SSSR count). The summed E-state index contributed by atoms with van der Waals surface area (Å²) < 4.78 is 16.1. The van der Waals surface area contributed by atoms with Crippen LogP contribution in [-0.4, -0.2) is 24.5 Å². The lowest BCUT2D eigenvalue weighted by Crippen LogP contribution is -2.18. The third kappa shape index (κ3) is 4.11. The summed E-state index contributed by atoms with van der Waals surface area (Å²) in [6.45, 7) is 5.35. The van der Waals surface area contributed by atoms with E-state index in [9.17, 15) is 9.59 Å². The Kier molecular flexibility index (Phi) is 5.07. The number of hydrogen-bond donors (Lipinski definition) is 0. The molecule has 1 aliphatic heterocycles. The smallest absolute Gasteiger partial charge is 0.344 e. The number of carbonyl (C=O) groups excluding carboxylic acids is 2. The molecule has 0 N–H and O–H groups in total. The van der Waals surface area contributed by atoms with Crippen LogP contribution in [0.4, 0.5) is 0 Å². The van der Waals surface area contributed by atoms with Crippen LogP contribution in [0.2, 0.25) is 0 Å². The second-order valence-corrected chi connectivity index (χ2v) is 6.34. The molecule has 0 saturated carbocycles. The van der Waals surface area contributed by atoms with Gasteiger partial charge in [0.2, 0.25) is 5.78 Å². The summed E-state index contributed by atoms with van der Waals surface area (Å²) in [6.07, 6.45) is 1.52. The minimum Gasteiger partial charge on any atom is -0.482 e. The van der Waals surface area contributed by atoms with Gasteiger partial charge in [0, 0.05) is 6.07 Å². The van der Waals surface area contributed by atoms with Crippen molar-refractivity contribution < 1.29 is 23.8 Å². The highest BCUT2D eigenvalue weighted by molar-refractivity contribution is 6.14. The molecule has 0 aliphatic carbocycles. The Labute approximate surface area is 152 Å². The van der Waals surface area contributed by atoms with Crippen molar-refractivity contribution in [3.8, 4) is 11.5 Å². The van der Waals surface area contributed by atoms with E-state index in [0.29, 0.717) is 17.1 Å². The van der Waals surface area contributed by atoms with Crippen molar-refractivity contribution in [3.05, 3.63) is 64.9 Å². The van der Waals surface area contributed by atoms with E-state index in [0.717, 1.165) is 11.1 Å². The molecule has 0 bridgehead atoms. The van der Waals surface area contributed by atoms with Gasteiger partial charge >= 0.3 is 5.97 Å². The maximum absolute atomic E-state index is 12.5. The van der Waals surface area contributed by atoms with E-state index >= 15 is 0 Å². The summed E-state index contributed by atoms with van der Waals surface area (Å²) in [4.78, 5) is 24.0. The second kappa shape index (κ2) is 7.44. The fraction of sp³-hybridized carbons (Fsp3) is 0.238. The van der Waals surface area contributed by atoms with Crippen LogP contribution in [-0.2, 0) is 9.53 Å². The molecule has 2 aromatic carbocycles. The third-order valence-corrected chi connectivity index (χ3v) is 3.74. The number of ether oxygens (including phenoxy) is 3. The van der Waals surface area contributed by atoms with Gasteiger partial charge in [-0.2, -0.15) is 0 Å². The summed E-state index contributed by atoms with van der Waals surface area (Å²) >= 11 is 0. The molecule has 0 spiro atoms. The van der Waals surface area contributed by atoms with Crippen LogP contribution in [0.3, 0.4) is 0 Å². The second-order valence-electron chi connectivity index (χ2n) is 6.34. The minimum absolute atomic E-state index is 0.175. The maximum atomic E-state index is 12.5. The molecule has 1 heterocycles. The van der Waals surface area contributed by atoms with Crippen molar-refractivity contribution in [3.63, 3.8) is 0 Å². The van der Waals surface area contributed by atoms with Gasteiger partial charge in [-0.05, 0) is 44.5 Å². The number of esters is 1. The zero-order chi connectivity index (χ0) is 18.7. The lowest BCUT2D eigenvalue weighted by atomic mass is 10.1. The Morgan fingerprint density at radius 2 is 1.88 bits per heavy atom. The predicted molar refractivity (Wildman–Crippen MR) is 97.3 cm³/mol. The topological polar surface area (TPSA) is 61.8 Å². The molecule has 5 heteroatoms. The first-order valence-corrected chi connectivity index (χ1v) is 8.39. The van der Waals surface area contributed by atoms with Gasteiger partial charge in [-0.1, -0.05) is 29.8 Å². The molecule has 0 atom stereocenters. The summed E-state index contributed by atoms with van der Waals surface area (Å²) in [5, 5.41) is 0. The highest BCUT2D eigenvalue weighted by Gasteiger charge is 2.27. The first-order chi connectivity index (χ1) is 12.4. The molecule has 1 aliphatic rings. The SMILES string of the molecule is Cc1ccc(C=C2Oc3cc(OCC(=O)OC(C)C)ccc3C2=O)cc1. The zero-order valence-electron chi connectivity index (χ0n) is 14.9. The maximum Gasteiger partial charge on any atom is 0.344 e. The Morgan fingerprint density at radius 1 is 1.15 bits per heavy atom. The standard InChI is InChI=1S/C21H20O5/c1-13(2)25-20(22)12-24-16-8-9-17-18(11-16)26-19(21(17)23)10-15-6-4-14(3)5-7-15/h4-11,13H,12H2,1-3H3. The van der Waals surface area contributed by atoms with Crippen LogP contribution >= 0.6 is 0 Å². The fourth-order valence-electron chi connectivity index (χ4n) is 2.51. The van der Waals surface area contributed by atoms with Crippen LogP contribution in [0, 0.1) is 6.92 Å². The van der Waals surface area contributed by atoms with Crippen LogP contribution in [0.15, 0.2) is 48.2 Å². The molecule has 0 aromatic heterocycles. The van der Waals surface area contributed by atoms with Crippen LogP contribution in [0.25, 0.3) is 6.08 Å². The van der Waals surface area contributed by atoms with Crippen molar-refractivity contribution in [2.75, 3.05) is 6.61 Å². The van der Waals surface area contributed by atoms with Gasteiger partial charge < -0.3 is 14.2 Å². The Hall–Kier alpha value is -3.08. The largest absolute Gasteiger partial charge is 0.482 e. The third-order valence-electron chi connectivity index (χ3n) is 3.74. The average molecular weight is 352 g/mol. The van der Waals surface area contributed by atoms with Crippen molar-refractivity contribution >= 4 is 17.8 Å². The summed E-state index contributed by atoms with van der Waals surface area (Å²) in [5.74, 6) is 0.501. The number of hydrogen-bond acceptors (Lipinski definition) is 5. The number of rotatable bonds is 5. The summed E-state index contributed by atoms with van der Waals surface area (Å²) in [7, 11) is 0. The zero-order valence-corrected chi connectivity index (χ0v) is 14.9. The Bertz CT molecular complexity index is 862. The molecule has 0 radical (unpaired) electrons. The average Bonchev–Trinajstić information content (AvgIpc) is 2.90. The molecule has 0 amide bonds. The summed E-state index contributed by atoms with van der Waals surface area (Å²) in [5.41, 5.74) is 2.51. The van der Waals surface area contributed by atoms with E-state index in [2.05, 4.69) is 0 Å². The number of aryl methyl sites for hydroxylation is 1. The number of allylic oxidation sites excluding steroid dienone is 1. The van der Waals surface area contributed by atoms with Crippen molar-refractivity contribution in [2.24, 2.45) is 0 Å². The Balaban J connectivity index is 1.72. The van der Waals surface area contributed by atoms with Gasteiger partial charge in [0.25, 0.3) is 0 Å². The van der Waals surface area contributed by atoms with E-state index in [-0.39, 0.29) is 24.3 Å². The van der Waals surface area contributed by atoms with E-state index in [4.69, 9.17) is 14.2 Å². The van der Waals surface area contributed by atoms with Gasteiger partial charge in [0.15, 0.2) is 12.4 Å². The quantitative estimate of drug-likeness (QED) is 0.602. The molecule has 134 valence electrons. The molecular weight excluding hydrogens is 332 g/mol. The molecule has 0 fully saturated rings. The van der Waals surface area contributed by atoms with E-state index < -0.39 is 5.97 Å². The lowest BCUT2D eigenvalue weighted by Gasteiger charge is -2.09. The van der Waals surface area contributed by atoms with E-state index in [1.807, 2.05) is 31.2 Å². The molecule has 26 heavy (non-hydrogen) atoms. The van der Waals surface area contributed by atoms with E-state index in [1.54, 1.807) is 38.1 Å². The molecule has 5 nitrogen and oxygen atoms in total. The van der Waals surface area contributed by atoms with Gasteiger partial charge in [-0.15, -0.1) is 0 Å². The highest BCUT2D eigenvalue weighted by Crippen LogP contribution is 2.34. The predicted octanol–water partition coefficient (Wildman–Crippen LogP) is 3.94. The molecule has 0 saturated heterocycles. The number of benzene rings is 2. The first kappa shape index (κ1) is 17.7. The highest BCUT2D eigenvalue weighted by atomic mass is 16.6.